The van der Waals surface area contributed by atoms with Crippen LogP contribution in [0.15, 0.2) is 30.3 Å². The maximum Gasteiger partial charge on any atom is 0.407 e. The van der Waals surface area contributed by atoms with Gasteiger partial charge in [0.25, 0.3) is 0 Å². The maximum absolute atomic E-state index is 12.0. The zero-order chi connectivity index (χ0) is 17.4. The Labute approximate surface area is 146 Å². The van der Waals surface area contributed by atoms with Crippen molar-refractivity contribution in [2.45, 2.75) is 31.9 Å². The molecule has 1 fully saturated rings. The molecule has 134 valence electrons. The fraction of sp³-hybridized carbons (Fsp3) is 0.562. The van der Waals surface area contributed by atoms with Crippen molar-refractivity contribution < 1.29 is 22.7 Å². The molecule has 0 aromatic heterocycles. The van der Waals surface area contributed by atoms with Crippen LogP contribution in [0.4, 0.5) is 4.79 Å². The average molecular weight is 376 g/mol. The van der Waals surface area contributed by atoms with Gasteiger partial charge in [-0.25, -0.2) is 13.2 Å². The summed E-state index contributed by atoms with van der Waals surface area (Å²) in [6, 6.07) is 9.05. The molecule has 1 aromatic rings. The van der Waals surface area contributed by atoms with Gasteiger partial charge in [-0.1, -0.05) is 30.3 Å². The van der Waals surface area contributed by atoms with Crippen LogP contribution in [0.1, 0.15) is 24.8 Å². The molecule has 1 heterocycles. The minimum Gasteiger partial charge on any atom is -0.445 e. The summed E-state index contributed by atoms with van der Waals surface area (Å²) in [4.78, 5) is 12.0. The van der Waals surface area contributed by atoms with Gasteiger partial charge in [0.1, 0.15) is 6.61 Å². The standard InChI is InChI=1S/C16H22ClNO5S/c17-24(20,21)11-8-15(14-6-9-22-10-7-14)18-16(19)23-12-13-4-2-1-3-5-13/h1-5,14-15H,6-12H2,(H,18,19). The highest BCUT2D eigenvalue weighted by Gasteiger charge is 2.27. The van der Waals surface area contributed by atoms with Crippen LogP contribution < -0.4 is 5.32 Å². The Hall–Kier alpha value is -1.31. The number of benzene rings is 1. The fourth-order valence-electron chi connectivity index (χ4n) is 2.73. The Kier molecular flexibility index (Phi) is 7.33. The van der Waals surface area contributed by atoms with E-state index in [9.17, 15) is 13.2 Å². The van der Waals surface area contributed by atoms with Crippen molar-refractivity contribution in [1.82, 2.24) is 5.32 Å². The van der Waals surface area contributed by atoms with E-state index in [4.69, 9.17) is 20.2 Å². The van der Waals surface area contributed by atoms with Gasteiger partial charge in [-0.2, -0.15) is 0 Å². The quantitative estimate of drug-likeness (QED) is 0.741. The van der Waals surface area contributed by atoms with E-state index in [1.165, 1.54) is 0 Å². The normalized spacial score (nSPS) is 17.2. The van der Waals surface area contributed by atoms with Crippen molar-refractivity contribution >= 4 is 25.8 Å². The summed E-state index contributed by atoms with van der Waals surface area (Å²) in [5.74, 6) is -0.0309. The minimum atomic E-state index is -3.60. The predicted molar refractivity (Wildman–Crippen MR) is 91.4 cm³/mol. The molecule has 1 N–H and O–H groups in total. The van der Waals surface area contributed by atoms with E-state index in [0.717, 1.165) is 18.4 Å². The molecular formula is C16H22ClNO5S. The van der Waals surface area contributed by atoms with Gasteiger partial charge >= 0.3 is 6.09 Å². The number of halogens is 1. The summed E-state index contributed by atoms with van der Waals surface area (Å²) >= 11 is 0. The molecule has 24 heavy (non-hydrogen) atoms. The van der Waals surface area contributed by atoms with Crippen molar-refractivity contribution in [2.75, 3.05) is 19.0 Å². The molecule has 1 unspecified atom stereocenters. The zero-order valence-electron chi connectivity index (χ0n) is 13.3. The van der Waals surface area contributed by atoms with E-state index >= 15 is 0 Å². The Morgan fingerprint density at radius 1 is 1.29 bits per heavy atom. The maximum atomic E-state index is 12.0. The number of rotatable bonds is 7. The van der Waals surface area contributed by atoms with E-state index in [-0.39, 0.29) is 30.7 Å². The lowest BCUT2D eigenvalue weighted by molar-refractivity contribution is 0.0512. The molecule has 0 saturated carbocycles. The zero-order valence-corrected chi connectivity index (χ0v) is 14.9. The van der Waals surface area contributed by atoms with Crippen molar-refractivity contribution in [3.8, 4) is 0 Å². The molecule has 1 saturated heterocycles. The van der Waals surface area contributed by atoms with Crippen molar-refractivity contribution in [1.29, 1.82) is 0 Å². The third-order valence-corrected chi connectivity index (χ3v) is 5.21. The molecule has 1 amide bonds. The molecule has 1 atom stereocenters. The number of carbonyl (C=O) groups is 1. The number of alkyl carbamates (subject to hydrolysis) is 1. The van der Waals surface area contributed by atoms with Gasteiger partial charge < -0.3 is 14.8 Å². The van der Waals surface area contributed by atoms with Crippen LogP contribution in [0.2, 0.25) is 0 Å². The lowest BCUT2D eigenvalue weighted by Gasteiger charge is -2.30. The lowest BCUT2D eigenvalue weighted by atomic mass is 9.90. The molecule has 1 aliphatic rings. The van der Waals surface area contributed by atoms with E-state index in [2.05, 4.69) is 5.32 Å². The Balaban J connectivity index is 1.89. The number of carbonyl (C=O) groups excluding carboxylic acids is 1. The van der Waals surface area contributed by atoms with E-state index in [0.29, 0.717) is 13.2 Å². The van der Waals surface area contributed by atoms with Crippen LogP contribution in [0.25, 0.3) is 0 Å². The summed E-state index contributed by atoms with van der Waals surface area (Å²) < 4.78 is 33.0. The average Bonchev–Trinajstić information content (AvgIpc) is 2.57. The van der Waals surface area contributed by atoms with Gasteiger partial charge in [0.15, 0.2) is 0 Å². The second-order valence-electron chi connectivity index (χ2n) is 5.79. The summed E-state index contributed by atoms with van der Waals surface area (Å²) in [5.41, 5.74) is 0.888. The topological polar surface area (TPSA) is 81.7 Å². The number of hydrogen-bond acceptors (Lipinski definition) is 5. The van der Waals surface area contributed by atoms with Crippen LogP contribution in [0, 0.1) is 5.92 Å². The first-order valence-corrected chi connectivity index (χ1v) is 10.4. The van der Waals surface area contributed by atoms with Crippen molar-refractivity contribution in [3.63, 3.8) is 0 Å². The van der Waals surface area contributed by atoms with Gasteiger partial charge in [0.05, 0.1) is 5.75 Å². The van der Waals surface area contributed by atoms with Crippen LogP contribution in [0.3, 0.4) is 0 Å². The first kappa shape index (κ1) is 19.0. The lowest BCUT2D eigenvalue weighted by Crippen LogP contribution is -2.43. The van der Waals surface area contributed by atoms with E-state index in [1.54, 1.807) is 0 Å². The molecule has 1 aromatic carbocycles. The number of amides is 1. The Morgan fingerprint density at radius 2 is 1.96 bits per heavy atom. The number of hydrogen-bond donors (Lipinski definition) is 1. The molecule has 2 rings (SSSR count). The monoisotopic (exact) mass is 375 g/mol. The van der Waals surface area contributed by atoms with Gasteiger partial charge in [0, 0.05) is 29.9 Å². The third kappa shape index (κ3) is 7.07. The van der Waals surface area contributed by atoms with Crippen LogP contribution >= 0.6 is 10.7 Å². The largest absolute Gasteiger partial charge is 0.445 e. The second-order valence-corrected chi connectivity index (χ2v) is 8.69. The van der Waals surface area contributed by atoms with Gasteiger partial charge in [-0.3, -0.25) is 0 Å². The van der Waals surface area contributed by atoms with Gasteiger partial charge in [-0.15, -0.1) is 0 Å². The van der Waals surface area contributed by atoms with Gasteiger partial charge in [0.2, 0.25) is 9.05 Å². The predicted octanol–water partition coefficient (Wildman–Crippen LogP) is 2.67. The first-order chi connectivity index (χ1) is 11.4. The van der Waals surface area contributed by atoms with Crippen molar-refractivity contribution in [2.24, 2.45) is 5.92 Å². The Morgan fingerprint density at radius 3 is 2.58 bits per heavy atom. The number of ether oxygens (including phenoxy) is 2. The van der Waals surface area contributed by atoms with Crippen LogP contribution in [-0.4, -0.2) is 39.5 Å². The summed E-state index contributed by atoms with van der Waals surface area (Å²) in [7, 11) is 1.70. The summed E-state index contributed by atoms with van der Waals surface area (Å²) in [5, 5.41) is 2.79. The van der Waals surface area contributed by atoms with E-state index < -0.39 is 15.1 Å². The molecule has 0 bridgehead atoms. The molecule has 6 nitrogen and oxygen atoms in total. The molecular weight excluding hydrogens is 354 g/mol. The second kappa shape index (κ2) is 9.25. The highest BCUT2D eigenvalue weighted by molar-refractivity contribution is 8.13. The highest BCUT2D eigenvalue weighted by atomic mass is 35.7. The SMILES string of the molecule is O=C(NC(CCS(=O)(=O)Cl)C1CCOCC1)OCc1ccccc1. The molecule has 0 radical (unpaired) electrons. The first-order valence-electron chi connectivity index (χ1n) is 7.91. The molecule has 0 spiro atoms. The minimum absolute atomic E-state index is 0.154. The number of nitrogens with one attached hydrogen (secondary N) is 1. The summed E-state index contributed by atoms with van der Waals surface area (Å²) in [6.45, 7) is 1.38. The molecule has 1 aliphatic heterocycles. The van der Waals surface area contributed by atoms with Gasteiger partial charge in [-0.05, 0) is 30.7 Å². The van der Waals surface area contributed by atoms with Crippen LogP contribution in [0.5, 0.6) is 0 Å². The molecule has 8 heteroatoms. The van der Waals surface area contributed by atoms with Crippen molar-refractivity contribution in [3.05, 3.63) is 35.9 Å². The highest BCUT2D eigenvalue weighted by Crippen LogP contribution is 2.22. The summed E-state index contributed by atoms with van der Waals surface area (Å²) in [6.07, 6.45) is 1.25. The van der Waals surface area contributed by atoms with E-state index in [1.807, 2.05) is 30.3 Å². The molecule has 0 aliphatic carbocycles. The van der Waals surface area contributed by atoms with Crippen LogP contribution in [-0.2, 0) is 25.1 Å². The fourth-order valence-corrected chi connectivity index (χ4v) is 3.53. The third-order valence-electron chi connectivity index (χ3n) is 4.02. The Bertz CT molecular complexity index is 617. The smallest absolute Gasteiger partial charge is 0.407 e.